The van der Waals surface area contributed by atoms with E-state index in [1.54, 1.807) is 4.57 Å². The van der Waals surface area contributed by atoms with Crippen LogP contribution < -0.4 is 10.9 Å². The van der Waals surface area contributed by atoms with Crippen molar-refractivity contribution in [2.24, 2.45) is 7.05 Å². The molecule has 0 aliphatic carbocycles. The van der Waals surface area contributed by atoms with Crippen molar-refractivity contribution >= 4 is 23.5 Å². The molecular formula is C17H19N3O2S. The molecule has 0 saturated heterocycles. The number of aromatic nitrogens is 2. The normalized spacial score (nSPS) is 16.9. The number of nitrogens with zero attached hydrogens (tertiary/aromatic N) is 2. The monoisotopic (exact) mass is 329 g/mol. The number of carbonyl (C=O) groups is 1. The smallest absolute Gasteiger partial charge is 0.279 e. The molecule has 0 radical (unpaired) electrons. The number of nitrogens with one attached hydrogen (secondary N) is 1. The van der Waals surface area contributed by atoms with Crippen LogP contribution in [0.5, 0.6) is 0 Å². The van der Waals surface area contributed by atoms with E-state index in [1.807, 2.05) is 39.3 Å². The summed E-state index contributed by atoms with van der Waals surface area (Å²) in [6.07, 6.45) is 2.13. The predicted molar refractivity (Wildman–Crippen MR) is 92.3 cm³/mol. The average Bonchev–Trinajstić information content (AvgIpc) is 2.52. The Bertz CT molecular complexity index is 858. The van der Waals surface area contributed by atoms with Gasteiger partial charge in [0.25, 0.3) is 5.56 Å². The van der Waals surface area contributed by atoms with Gasteiger partial charge in [0, 0.05) is 19.4 Å². The fourth-order valence-electron chi connectivity index (χ4n) is 3.12. The van der Waals surface area contributed by atoms with E-state index in [9.17, 15) is 9.59 Å². The van der Waals surface area contributed by atoms with Gasteiger partial charge in [-0.2, -0.15) is 4.98 Å². The molecule has 1 amide bonds. The minimum absolute atomic E-state index is 0.0725. The molecule has 23 heavy (non-hydrogen) atoms. The molecule has 1 atom stereocenters. The molecule has 2 aromatic rings. The largest absolute Gasteiger partial charge is 0.312 e. The van der Waals surface area contributed by atoms with Crippen LogP contribution in [0.4, 0.5) is 5.82 Å². The quantitative estimate of drug-likeness (QED) is 0.679. The minimum atomic E-state index is -0.256. The first-order valence-electron chi connectivity index (χ1n) is 7.44. The van der Waals surface area contributed by atoms with Crippen LogP contribution in [0.15, 0.2) is 28.2 Å². The number of aryl methyl sites for hydroxylation is 2. The third-order valence-corrected chi connectivity index (χ3v) is 5.02. The molecule has 5 nitrogen and oxygen atoms in total. The van der Waals surface area contributed by atoms with Crippen molar-refractivity contribution < 1.29 is 4.79 Å². The fourth-order valence-corrected chi connectivity index (χ4v) is 3.66. The fraction of sp³-hybridized carbons (Fsp3) is 0.353. The lowest BCUT2D eigenvalue weighted by Crippen LogP contribution is -2.33. The molecule has 1 N–H and O–H groups in total. The summed E-state index contributed by atoms with van der Waals surface area (Å²) in [7, 11) is 1.82. The maximum absolute atomic E-state index is 12.6. The Morgan fingerprint density at radius 1 is 1.30 bits per heavy atom. The zero-order chi connectivity index (χ0) is 16.7. The van der Waals surface area contributed by atoms with Gasteiger partial charge in [-0.1, -0.05) is 35.5 Å². The van der Waals surface area contributed by atoms with Crippen LogP contribution in [0.1, 0.15) is 34.6 Å². The molecule has 0 bridgehead atoms. The van der Waals surface area contributed by atoms with Gasteiger partial charge >= 0.3 is 0 Å². The molecule has 2 heterocycles. The van der Waals surface area contributed by atoms with Gasteiger partial charge in [-0.15, -0.1) is 0 Å². The highest BCUT2D eigenvalue weighted by molar-refractivity contribution is 7.98. The van der Waals surface area contributed by atoms with Crippen LogP contribution in [0.3, 0.4) is 0 Å². The van der Waals surface area contributed by atoms with Gasteiger partial charge in [-0.25, -0.2) is 0 Å². The molecular weight excluding hydrogens is 310 g/mol. The molecule has 0 saturated carbocycles. The molecule has 1 aliphatic heterocycles. The Morgan fingerprint density at radius 2 is 2.04 bits per heavy atom. The van der Waals surface area contributed by atoms with Gasteiger partial charge in [-0.05, 0) is 31.2 Å². The molecule has 1 aliphatic rings. The Hall–Kier alpha value is -2.08. The third kappa shape index (κ3) is 2.67. The molecule has 1 aromatic heterocycles. The summed E-state index contributed by atoms with van der Waals surface area (Å²) >= 11 is 1.39. The SMILES string of the molecule is CSc1nc(=O)c2c(n1C)NC(=O)C[C@@H]2c1cc(C)ccc1C. The van der Waals surface area contributed by atoms with Crippen molar-refractivity contribution in [3.63, 3.8) is 0 Å². The van der Waals surface area contributed by atoms with Crippen molar-refractivity contribution in [1.82, 2.24) is 9.55 Å². The van der Waals surface area contributed by atoms with Crippen LogP contribution in [0.2, 0.25) is 0 Å². The van der Waals surface area contributed by atoms with E-state index in [0.717, 1.165) is 16.7 Å². The summed E-state index contributed by atoms with van der Waals surface area (Å²) in [5, 5.41) is 3.44. The second-order valence-electron chi connectivity index (χ2n) is 5.89. The first-order chi connectivity index (χ1) is 10.9. The van der Waals surface area contributed by atoms with Gasteiger partial charge in [-0.3, -0.25) is 9.59 Å². The standard InChI is InChI=1S/C17H19N3O2S/c1-9-5-6-10(2)11(7-9)12-8-13(21)18-15-14(12)16(22)19-17(23-4)20(15)3/h5-7,12H,8H2,1-4H3,(H,18,21)/t12-/m1/s1. The Balaban J connectivity index is 2.28. The average molecular weight is 329 g/mol. The van der Waals surface area contributed by atoms with Crippen LogP contribution in [-0.4, -0.2) is 21.7 Å². The lowest BCUT2D eigenvalue weighted by atomic mass is 9.84. The predicted octanol–water partition coefficient (Wildman–Crippen LogP) is 2.59. The number of rotatable bonds is 2. The Labute approximate surface area is 139 Å². The maximum Gasteiger partial charge on any atom is 0.279 e. The summed E-state index contributed by atoms with van der Waals surface area (Å²) < 4.78 is 1.79. The second kappa shape index (κ2) is 5.85. The van der Waals surface area contributed by atoms with E-state index < -0.39 is 0 Å². The number of thioether (sulfide) groups is 1. The van der Waals surface area contributed by atoms with E-state index in [4.69, 9.17) is 0 Å². The summed E-state index contributed by atoms with van der Waals surface area (Å²) in [5.74, 6) is 0.244. The van der Waals surface area contributed by atoms with Crippen molar-refractivity contribution in [3.8, 4) is 0 Å². The zero-order valence-electron chi connectivity index (χ0n) is 13.6. The molecule has 0 fully saturated rings. The molecule has 120 valence electrons. The molecule has 0 unspecified atom stereocenters. The first kappa shape index (κ1) is 15.8. The lowest BCUT2D eigenvalue weighted by molar-refractivity contribution is -0.116. The number of hydrogen-bond acceptors (Lipinski definition) is 4. The molecule has 0 spiro atoms. The number of amides is 1. The molecule has 1 aromatic carbocycles. The van der Waals surface area contributed by atoms with Crippen LogP contribution >= 0.6 is 11.8 Å². The summed E-state index contributed by atoms with van der Waals surface area (Å²) in [4.78, 5) is 29.0. The number of benzene rings is 1. The Kier molecular flexibility index (Phi) is 4.02. The number of anilines is 1. The van der Waals surface area contributed by atoms with E-state index in [2.05, 4.69) is 16.4 Å². The van der Waals surface area contributed by atoms with Crippen LogP contribution in [-0.2, 0) is 11.8 Å². The van der Waals surface area contributed by atoms with E-state index in [-0.39, 0.29) is 23.8 Å². The maximum atomic E-state index is 12.6. The van der Waals surface area contributed by atoms with Gasteiger partial charge in [0.15, 0.2) is 5.16 Å². The molecule has 3 rings (SSSR count). The molecule has 6 heteroatoms. The van der Waals surface area contributed by atoms with E-state index in [1.165, 1.54) is 11.8 Å². The van der Waals surface area contributed by atoms with Gasteiger partial charge in [0.1, 0.15) is 5.82 Å². The van der Waals surface area contributed by atoms with Crippen molar-refractivity contribution in [2.45, 2.75) is 31.3 Å². The third-order valence-electron chi connectivity index (χ3n) is 4.29. The summed E-state index contributed by atoms with van der Waals surface area (Å²) in [5.41, 5.74) is 3.55. The number of carbonyl (C=O) groups excluding carboxylic acids is 1. The number of hydrogen-bond donors (Lipinski definition) is 1. The lowest BCUT2D eigenvalue weighted by Gasteiger charge is -2.28. The summed E-state index contributed by atoms with van der Waals surface area (Å²) in [6, 6.07) is 6.13. The minimum Gasteiger partial charge on any atom is -0.312 e. The summed E-state index contributed by atoms with van der Waals surface area (Å²) in [6.45, 7) is 4.02. The van der Waals surface area contributed by atoms with Gasteiger partial charge < -0.3 is 9.88 Å². The van der Waals surface area contributed by atoms with Gasteiger partial charge in [0.05, 0.1) is 5.56 Å². The van der Waals surface area contributed by atoms with Gasteiger partial charge in [0.2, 0.25) is 5.91 Å². The van der Waals surface area contributed by atoms with Crippen molar-refractivity contribution in [1.29, 1.82) is 0 Å². The van der Waals surface area contributed by atoms with Crippen molar-refractivity contribution in [2.75, 3.05) is 11.6 Å². The zero-order valence-corrected chi connectivity index (χ0v) is 14.5. The highest BCUT2D eigenvalue weighted by atomic mass is 32.2. The second-order valence-corrected chi connectivity index (χ2v) is 6.66. The van der Waals surface area contributed by atoms with Crippen LogP contribution in [0.25, 0.3) is 0 Å². The van der Waals surface area contributed by atoms with Crippen molar-refractivity contribution in [3.05, 3.63) is 50.8 Å². The highest BCUT2D eigenvalue weighted by Crippen LogP contribution is 2.37. The highest BCUT2D eigenvalue weighted by Gasteiger charge is 2.32. The number of fused-ring (bicyclic) bond motifs is 1. The topological polar surface area (TPSA) is 64.0 Å². The van der Waals surface area contributed by atoms with E-state index >= 15 is 0 Å². The van der Waals surface area contributed by atoms with E-state index in [0.29, 0.717) is 16.5 Å². The van der Waals surface area contributed by atoms with Crippen LogP contribution in [0, 0.1) is 13.8 Å². The first-order valence-corrected chi connectivity index (χ1v) is 8.66. The Morgan fingerprint density at radius 3 is 2.74 bits per heavy atom.